The van der Waals surface area contributed by atoms with Crippen LogP contribution in [0.25, 0.3) is 0 Å². The van der Waals surface area contributed by atoms with Crippen LogP contribution in [0.3, 0.4) is 0 Å². The molecule has 2 rings (SSSR count). The van der Waals surface area contributed by atoms with Crippen LogP contribution in [0.2, 0.25) is 0 Å². The van der Waals surface area contributed by atoms with Crippen molar-refractivity contribution in [2.75, 3.05) is 39.8 Å². The Morgan fingerprint density at radius 3 is 2.56 bits per heavy atom. The zero-order chi connectivity index (χ0) is 13.0. The molecule has 1 saturated heterocycles. The Kier molecular flexibility index (Phi) is 5.01. The second-order valence-electron chi connectivity index (χ2n) is 5.83. The van der Waals surface area contributed by atoms with E-state index in [0.29, 0.717) is 5.91 Å². The minimum absolute atomic E-state index is 0.0403. The molecule has 18 heavy (non-hydrogen) atoms. The summed E-state index contributed by atoms with van der Waals surface area (Å²) >= 11 is 0. The number of amides is 1. The Labute approximate surface area is 111 Å². The topological polar surface area (TPSA) is 35.6 Å². The maximum absolute atomic E-state index is 12.4. The molecule has 4 nitrogen and oxygen atoms in total. The number of rotatable bonds is 4. The van der Waals surface area contributed by atoms with Crippen LogP contribution in [0.15, 0.2) is 0 Å². The molecular formula is C14H27N3O. The van der Waals surface area contributed by atoms with Gasteiger partial charge in [-0.05, 0) is 25.7 Å². The molecule has 0 aromatic carbocycles. The van der Waals surface area contributed by atoms with Crippen molar-refractivity contribution in [1.82, 2.24) is 15.1 Å². The van der Waals surface area contributed by atoms with Crippen molar-refractivity contribution in [2.45, 2.75) is 38.6 Å². The van der Waals surface area contributed by atoms with E-state index in [1.807, 2.05) is 11.9 Å². The van der Waals surface area contributed by atoms with Crippen molar-refractivity contribution in [3.63, 3.8) is 0 Å². The molecule has 1 aliphatic heterocycles. The highest BCUT2D eigenvalue weighted by Gasteiger charge is 2.27. The summed E-state index contributed by atoms with van der Waals surface area (Å²) in [5.41, 5.74) is 0. The number of carbonyl (C=O) groups is 1. The molecule has 0 aromatic heterocycles. The summed E-state index contributed by atoms with van der Waals surface area (Å²) in [6.07, 6.45) is 5.30. The standard InChI is InChI=1S/C14H27N3O/c1-12(17-9-7-15-8-10-17)14(18)16(2)11-13-5-3-4-6-13/h12-13,15H,3-11H2,1-2H3. The van der Waals surface area contributed by atoms with E-state index < -0.39 is 0 Å². The van der Waals surface area contributed by atoms with E-state index >= 15 is 0 Å². The molecule has 1 heterocycles. The minimum Gasteiger partial charge on any atom is -0.344 e. The Morgan fingerprint density at radius 2 is 1.94 bits per heavy atom. The van der Waals surface area contributed by atoms with Crippen LogP contribution in [-0.2, 0) is 4.79 Å². The quantitative estimate of drug-likeness (QED) is 0.809. The lowest BCUT2D eigenvalue weighted by Gasteiger charge is -2.34. The molecular weight excluding hydrogens is 226 g/mol. The van der Waals surface area contributed by atoms with Crippen molar-refractivity contribution in [3.05, 3.63) is 0 Å². The van der Waals surface area contributed by atoms with Gasteiger partial charge in [-0.3, -0.25) is 9.69 Å². The highest BCUT2D eigenvalue weighted by molar-refractivity contribution is 5.81. The summed E-state index contributed by atoms with van der Waals surface area (Å²) in [4.78, 5) is 16.7. The third kappa shape index (κ3) is 3.45. The predicted molar refractivity (Wildman–Crippen MR) is 73.5 cm³/mol. The first kappa shape index (κ1) is 13.8. The van der Waals surface area contributed by atoms with E-state index in [1.54, 1.807) is 0 Å². The summed E-state index contributed by atoms with van der Waals surface area (Å²) in [7, 11) is 1.97. The number of hydrogen-bond donors (Lipinski definition) is 1. The summed E-state index contributed by atoms with van der Waals surface area (Å²) in [6.45, 7) is 7.00. The van der Waals surface area contributed by atoms with E-state index in [9.17, 15) is 4.79 Å². The van der Waals surface area contributed by atoms with Crippen molar-refractivity contribution in [3.8, 4) is 0 Å². The fraction of sp³-hybridized carbons (Fsp3) is 0.929. The summed E-state index contributed by atoms with van der Waals surface area (Å²) < 4.78 is 0. The Morgan fingerprint density at radius 1 is 1.33 bits per heavy atom. The average Bonchev–Trinajstić information content (AvgIpc) is 2.91. The summed E-state index contributed by atoms with van der Waals surface area (Å²) in [5.74, 6) is 1.04. The van der Waals surface area contributed by atoms with Crippen LogP contribution in [0.4, 0.5) is 0 Å². The second kappa shape index (κ2) is 6.53. The van der Waals surface area contributed by atoms with E-state index in [-0.39, 0.29) is 6.04 Å². The van der Waals surface area contributed by atoms with Crippen molar-refractivity contribution in [1.29, 1.82) is 0 Å². The fourth-order valence-electron chi connectivity index (χ4n) is 3.21. The molecule has 2 fully saturated rings. The Balaban J connectivity index is 1.80. The van der Waals surface area contributed by atoms with Gasteiger partial charge in [0.25, 0.3) is 0 Å². The van der Waals surface area contributed by atoms with Gasteiger partial charge in [0.2, 0.25) is 5.91 Å². The molecule has 0 bridgehead atoms. The van der Waals surface area contributed by atoms with Crippen LogP contribution >= 0.6 is 0 Å². The molecule has 1 N–H and O–H groups in total. The van der Waals surface area contributed by atoms with Gasteiger partial charge in [-0.15, -0.1) is 0 Å². The van der Waals surface area contributed by atoms with Crippen LogP contribution in [0.5, 0.6) is 0 Å². The number of piperazine rings is 1. The maximum Gasteiger partial charge on any atom is 0.239 e. The van der Waals surface area contributed by atoms with Gasteiger partial charge in [0.1, 0.15) is 0 Å². The van der Waals surface area contributed by atoms with Gasteiger partial charge >= 0.3 is 0 Å². The molecule has 1 saturated carbocycles. The SMILES string of the molecule is CC(C(=O)N(C)CC1CCCC1)N1CCNCC1. The van der Waals surface area contributed by atoms with Crippen LogP contribution < -0.4 is 5.32 Å². The number of hydrogen-bond acceptors (Lipinski definition) is 3. The van der Waals surface area contributed by atoms with Gasteiger partial charge in [-0.2, -0.15) is 0 Å². The smallest absolute Gasteiger partial charge is 0.239 e. The Bertz CT molecular complexity index is 270. The predicted octanol–water partition coefficient (Wildman–Crippen LogP) is 0.929. The molecule has 1 unspecified atom stereocenters. The number of nitrogens with one attached hydrogen (secondary N) is 1. The molecule has 0 radical (unpaired) electrons. The molecule has 0 aromatic rings. The molecule has 1 atom stereocenters. The second-order valence-corrected chi connectivity index (χ2v) is 5.83. The third-order valence-corrected chi connectivity index (χ3v) is 4.44. The van der Waals surface area contributed by atoms with Gasteiger partial charge < -0.3 is 10.2 Å². The summed E-state index contributed by atoms with van der Waals surface area (Å²) in [5, 5.41) is 3.33. The average molecular weight is 253 g/mol. The van der Waals surface area contributed by atoms with Crippen LogP contribution in [-0.4, -0.2) is 61.5 Å². The van der Waals surface area contributed by atoms with Crippen LogP contribution in [0, 0.1) is 5.92 Å². The van der Waals surface area contributed by atoms with Crippen LogP contribution in [0.1, 0.15) is 32.6 Å². The third-order valence-electron chi connectivity index (χ3n) is 4.44. The van der Waals surface area contributed by atoms with Gasteiger partial charge in [-0.1, -0.05) is 12.8 Å². The zero-order valence-corrected chi connectivity index (χ0v) is 11.8. The number of carbonyl (C=O) groups excluding carboxylic acids is 1. The van der Waals surface area contributed by atoms with Crippen molar-refractivity contribution in [2.24, 2.45) is 5.92 Å². The molecule has 4 heteroatoms. The van der Waals surface area contributed by atoms with Crippen molar-refractivity contribution < 1.29 is 4.79 Å². The first-order valence-corrected chi connectivity index (χ1v) is 7.38. The van der Waals surface area contributed by atoms with Gasteiger partial charge in [0.05, 0.1) is 6.04 Å². The molecule has 104 valence electrons. The molecule has 1 aliphatic carbocycles. The largest absolute Gasteiger partial charge is 0.344 e. The lowest BCUT2D eigenvalue weighted by atomic mass is 10.1. The van der Waals surface area contributed by atoms with E-state index in [0.717, 1.165) is 38.6 Å². The molecule has 1 amide bonds. The zero-order valence-electron chi connectivity index (χ0n) is 11.8. The van der Waals surface area contributed by atoms with E-state index in [4.69, 9.17) is 0 Å². The highest BCUT2D eigenvalue weighted by Crippen LogP contribution is 2.25. The van der Waals surface area contributed by atoms with Crippen molar-refractivity contribution >= 4 is 5.91 Å². The van der Waals surface area contributed by atoms with E-state index in [2.05, 4.69) is 17.1 Å². The minimum atomic E-state index is 0.0403. The molecule has 2 aliphatic rings. The Hall–Kier alpha value is -0.610. The molecule has 0 spiro atoms. The lowest BCUT2D eigenvalue weighted by Crippen LogP contribution is -2.53. The van der Waals surface area contributed by atoms with Gasteiger partial charge in [0, 0.05) is 39.8 Å². The number of nitrogens with zero attached hydrogens (tertiary/aromatic N) is 2. The number of likely N-dealkylation sites (N-methyl/N-ethyl adjacent to an activating group) is 1. The first-order valence-electron chi connectivity index (χ1n) is 7.38. The summed E-state index contributed by atoms with van der Waals surface area (Å²) in [6, 6.07) is 0.0403. The van der Waals surface area contributed by atoms with E-state index in [1.165, 1.54) is 25.7 Å². The first-order chi connectivity index (χ1) is 8.68. The fourth-order valence-corrected chi connectivity index (χ4v) is 3.21. The monoisotopic (exact) mass is 253 g/mol. The van der Waals surface area contributed by atoms with Gasteiger partial charge in [-0.25, -0.2) is 0 Å². The lowest BCUT2D eigenvalue weighted by molar-refractivity contribution is -0.135. The maximum atomic E-state index is 12.4. The highest BCUT2D eigenvalue weighted by atomic mass is 16.2. The normalized spacial score (nSPS) is 24.1. The van der Waals surface area contributed by atoms with Gasteiger partial charge in [0.15, 0.2) is 0 Å².